The number of ketones is 1. The van der Waals surface area contributed by atoms with E-state index in [0.717, 1.165) is 30.8 Å². The van der Waals surface area contributed by atoms with Gasteiger partial charge in [0, 0.05) is 42.6 Å². The molecule has 3 nitrogen and oxygen atoms in total. The van der Waals surface area contributed by atoms with Crippen molar-refractivity contribution in [3.05, 3.63) is 64.8 Å². The van der Waals surface area contributed by atoms with Gasteiger partial charge in [-0.05, 0) is 43.8 Å². The number of carbonyl (C=O) groups is 1. The van der Waals surface area contributed by atoms with Crippen molar-refractivity contribution in [3.63, 3.8) is 0 Å². The zero-order chi connectivity index (χ0) is 17.6. The molecule has 128 valence electrons. The highest BCUT2D eigenvalue weighted by atomic mass is 16.1. The highest BCUT2D eigenvalue weighted by molar-refractivity contribution is 6.00. The molecule has 3 heteroatoms. The van der Waals surface area contributed by atoms with E-state index in [9.17, 15) is 4.79 Å². The smallest absolute Gasteiger partial charge is 0.164 e. The van der Waals surface area contributed by atoms with Crippen molar-refractivity contribution in [2.75, 3.05) is 13.6 Å². The number of Topliss-reactive ketones (excluding diaryl/α,β-unsaturated/α-hetero) is 1. The van der Waals surface area contributed by atoms with Crippen LogP contribution in [0.25, 0.3) is 16.6 Å². The minimum absolute atomic E-state index is 0.200. The Hall–Kier alpha value is -2.39. The van der Waals surface area contributed by atoms with Crippen LogP contribution in [0.1, 0.15) is 40.5 Å². The lowest BCUT2D eigenvalue weighted by Crippen LogP contribution is -2.27. The standard InChI is InChI=1S/C22H24N2O/c1-4-22(25)16-7-5-6-8-19(16)24-20-10-9-15(2)13-17(20)18-14-23(3)12-11-21(18)24/h5-10,13H,4,11-12,14H2,1-3H3. The summed E-state index contributed by atoms with van der Waals surface area (Å²) >= 11 is 0. The molecule has 0 fully saturated rings. The SMILES string of the molecule is CCC(=O)c1ccccc1-n1c2c(c3cc(C)ccc31)CN(C)CC2. The Bertz CT molecular complexity index is 968. The third kappa shape index (κ3) is 2.59. The first-order valence-electron chi connectivity index (χ1n) is 9.04. The van der Waals surface area contributed by atoms with Gasteiger partial charge in [0.1, 0.15) is 0 Å². The third-order valence-electron chi connectivity index (χ3n) is 5.26. The maximum Gasteiger partial charge on any atom is 0.164 e. The minimum atomic E-state index is 0.200. The van der Waals surface area contributed by atoms with E-state index in [2.05, 4.69) is 47.7 Å². The topological polar surface area (TPSA) is 25.2 Å². The highest BCUT2D eigenvalue weighted by Crippen LogP contribution is 2.35. The van der Waals surface area contributed by atoms with Crippen LogP contribution in [0.15, 0.2) is 42.5 Å². The van der Waals surface area contributed by atoms with Crippen molar-refractivity contribution in [1.29, 1.82) is 0 Å². The molecule has 0 amide bonds. The van der Waals surface area contributed by atoms with Crippen molar-refractivity contribution >= 4 is 16.7 Å². The molecule has 2 heterocycles. The molecule has 1 aliphatic rings. The number of para-hydroxylation sites is 1. The fourth-order valence-corrected chi connectivity index (χ4v) is 3.98. The van der Waals surface area contributed by atoms with E-state index in [0.29, 0.717) is 6.42 Å². The molecule has 0 bridgehead atoms. The van der Waals surface area contributed by atoms with Crippen molar-refractivity contribution in [2.45, 2.75) is 33.2 Å². The Balaban J connectivity index is 2.05. The van der Waals surface area contributed by atoms with Crippen LogP contribution in [0.5, 0.6) is 0 Å². The number of benzene rings is 2. The predicted molar refractivity (Wildman–Crippen MR) is 103 cm³/mol. The lowest BCUT2D eigenvalue weighted by Gasteiger charge is -2.24. The first-order chi connectivity index (χ1) is 12.1. The Morgan fingerprint density at radius 1 is 1.16 bits per heavy atom. The van der Waals surface area contributed by atoms with Crippen LogP contribution in [0.3, 0.4) is 0 Å². The van der Waals surface area contributed by atoms with Crippen molar-refractivity contribution in [2.24, 2.45) is 0 Å². The molecule has 0 unspecified atom stereocenters. The van der Waals surface area contributed by atoms with E-state index in [4.69, 9.17) is 0 Å². The maximum absolute atomic E-state index is 12.5. The van der Waals surface area contributed by atoms with E-state index in [1.165, 1.54) is 27.7 Å². The fourth-order valence-electron chi connectivity index (χ4n) is 3.98. The van der Waals surface area contributed by atoms with Gasteiger partial charge < -0.3 is 9.47 Å². The van der Waals surface area contributed by atoms with Crippen LogP contribution in [-0.2, 0) is 13.0 Å². The van der Waals surface area contributed by atoms with Crippen LogP contribution in [0.4, 0.5) is 0 Å². The predicted octanol–water partition coefficient (Wildman–Crippen LogP) is 4.52. The Kier molecular flexibility index (Phi) is 3.97. The van der Waals surface area contributed by atoms with Gasteiger partial charge in [0.25, 0.3) is 0 Å². The Morgan fingerprint density at radius 2 is 1.96 bits per heavy atom. The molecule has 1 aliphatic heterocycles. The monoisotopic (exact) mass is 332 g/mol. The molecule has 0 spiro atoms. The molecular weight excluding hydrogens is 308 g/mol. The van der Waals surface area contributed by atoms with Gasteiger partial charge in [-0.2, -0.15) is 0 Å². The normalized spacial score (nSPS) is 14.7. The minimum Gasteiger partial charge on any atom is -0.312 e. The molecule has 0 radical (unpaired) electrons. The Morgan fingerprint density at radius 3 is 2.76 bits per heavy atom. The second kappa shape index (κ2) is 6.16. The van der Waals surface area contributed by atoms with Gasteiger partial charge in [-0.15, -0.1) is 0 Å². The quantitative estimate of drug-likeness (QED) is 0.659. The third-order valence-corrected chi connectivity index (χ3v) is 5.26. The number of carbonyl (C=O) groups excluding carboxylic acids is 1. The van der Waals surface area contributed by atoms with Crippen molar-refractivity contribution < 1.29 is 4.79 Å². The maximum atomic E-state index is 12.5. The summed E-state index contributed by atoms with van der Waals surface area (Å²) in [4.78, 5) is 14.9. The second-order valence-corrected chi connectivity index (χ2v) is 7.06. The molecule has 0 aliphatic carbocycles. The zero-order valence-electron chi connectivity index (χ0n) is 15.2. The lowest BCUT2D eigenvalue weighted by atomic mass is 10.0. The number of aromatic nitrogens is 1. The Labute approximate surface area is 148 Å². The molecule has 0 saturated heterocycles. The first-order valence-corrected chi connectivity index (χ1v) is 9.04. The number of likely N-dealkylation sites (N-methyl/N-ethyl adjacent to an activating group) is 1. The van der Waals surface area contributed by atoms with Gasteiger partial charge in [-0.25, -0.2) is 0 Å². The molecule has 2 aromatic carbocycles. The van der Waals surface area contributed by atoms with Crippen LogP contribution < -0.4 is 0 Å². The first kappa shape index (κ1) is 16.1. The average molecular weight is 332 g/mol. The molecule has 0 atom stereocenters. The number of rotatable bonds is 3. The van der Waals surface area contributed by atoms with Crippen LogP contribution in [0.2, 0.25) is 0 Å². The molecule has 0 N–H and O–H groups in total. The number of nitrogens with zero attached hydrogens (tertiary/aromatic N) is 2. The van der Waals surface area contributed by atoms with E-state index < -0.39 is 0 Å². The van der Waals surface area contributed by atoms with E-state index in [-0.39, 0.29) is 5.78 Å². The summed E-state index contributed by atoms with van der Waals surface area (Å²) in [5.41, 5.74) is 7.10. The van der Waals surface area contributed by atoms with Gasteiger partial charge >= 0.3 is 0 Å². The lowest BCUT2D eigenvalue weighted by molar-refractivity contribution is 0.0988. The summed E-state index contributed by atoms with van der Waals surface area (Å²) in [7, 11) is 2.18. The molecule has 4 rings (SSSR count). The summed E-state index contributed by atoms with van der Waals surface area (Å²) in [6, 6.07) is 14.7. The largest absolute Gasteiger partial charge is 0.312 e. The average Bonchev–Trinajstić information content (AvgIpc) is 2.94. The molecular formula is C22H24N2O. The number of hydrogen-bond acceptors (Lipinski definition) is 2. The summed E-state index contributed by atoms with van der Waals surface area (Å²) in [5.74, 6) is 0.200. The van der Waals surface area contributed by atoms with Crippen LogP contribution in [0, 0.1) is 6.92 Å². The zero-order valence-corrected chi connectivity index (χ0v) is 15.2. The number of hydrogen-bond donors (Lipinski definition) is 0. The fraction of sp³-hybridized carbons (Fsp3) is 0.318. The summed E-state index contributed by atoms with van der Waals surface area (Å²) < 4.78 is 2.33. The summed E-state index contributed by atoms with van der Waals surface area (Å²) in [5, 5.41) is 1.32. The summed E-state index contributed by atoms with van der Waals surface area (Å²) in [6.45, 7) is 6.09. The number of fused-ring (bicyclic) bond motifs is 3. The van der Waals surface area contributed by atoms with E-state index in [1.807, 2.05) is 25.1 Å². The molecule has 3 aromatic rings. The molecule has 0 saturated carbocycles. The van der Waals surface area contributed by atoms with Crippen LogP contribution in [-0.4, -0.2) is 28.8 Å². The van der Waals surface area contributed by atoms with Gasteiger partial charge in [-0.3, -0.25) is 4.79 Å². The second-order valence-electron chi connectivity index (χ2n) is 7.06. The van der Waals surface area contributed by atoms with Crippen LogP contribution >= 0.6 is 0 Å². The summed E-state index contributed by atoms with van der Waals surface area (Å²) in [6.07, 6.45) is 1.54. The number of aryl methyl sites for hydroxylation is 1. The van der Waals surface area contributed by atoms with Gasteiger partial charge in [-0.1, -0.05) is 30.7 Å². The molecule has 1 aromatic heterocycles. The molecule has 25 heavy (non-hydrogen) atoms. The van der Waals surface area contributed by atoms with E-state index in [1.54, 1.807) is 0 Å². The van der Waals surface area contributed by atoms with Gasteiger partial charge in [0.15, 0.2) is 5.78 Å². The van der Waals surface area contributed by atoms with Gasteiger partial charge in [0.05, 0.1) is 11.2 Å². The van der Waals surface area contributed by atoms with Crippen molar-refractivity contribution in [3.8, 4) is 5.69 Å². The highest BCUT2D eigenvalue weighted by Gasteiger charge is 2.24. The van der Waals surface area contributed by atoms with Crippen molar-refractivity contribution in [1.82, 2.24) is 9.47 Å². The van der Waals surface area contributed by atoms with E-state index >= 15 is 0 Å². The van der Waals surface area contributed by atoms with Gasteiger partial charge in [0.2, 0.25) is 0 Å².